The molecule has 0 saturated carbocycles. The molecule has 3 rings (SSSR count). The molecule has 1 heterocycles. The molecule has 1 saturated heterocycles. The van der Waals surface area contributed by atoms with Gasteiger partial charge >= 0.3 is 0 Å². The molecule has 104 valence electrons. The summed E-state index contributed by atoms with van der Waals surface area (Å²) in [4.78, 5) is 0. The van der Waals surface area contributed by atoms with Gasteiger partial charge in [0, 0.05) is 4.47 Å². The van der Waals surface area contributed by atoms with Crippen LogP contribution in [0.3, 0.4) is 0 Å². The summed E-state index contributed by atoms with van der Waals surface area (Å²) in [6, 6.07) is 17.6. The van der Waals surface area contributed by atoms with E-state index in [2.05, 4.69) is 21.2 Å². The second kappa shape index (κ2) is 6.06. The van der Waals surface area contributed by atoms with Crippen LogP contribution in [0.5, 0.6) is 0 Å². The minimum atomic E-state index is -0.562. The second-order valence-electron chi connectivity index (χ2n) is 4.90. The Morgan fingerprint density at radius 2 is 1.95 bits per heavy atom. The molecule has 0 aliphatic carbocycles. The first-order chi connectivity index (χ1) is 9.74. The van der Waals surface area contributed by atoms with E-state index in [4.69, 9.17) is 4.74 Å². The maximum atomic E-state index is 10.4. The highest BCUT2D eigenvalue weighted by Crippen LogP contribution is 2.28. The Balaban J connectivity index is 1.71. The number of hydrogen-bond acceptors (Lipinski definition) is 3. The van der Waals surface area contributed by atoms with Gasteiger partial charge in [0.2, 0.25) is 0 Å². The Morgan fingerprint density at radius 3 is 2.70 bits per heavy atom. The third-order valence-electron chi connectivity index (χ3n) is 3.48. The van der Waals surface area contributed by atoms with Crippen molar-refractivity contribution in [2.45, 2.75) is 18.4 Å². The maximum Gasteiger partial charge on any atom is 0.134 e. The number of halogens is 1. The fourth-order valence-electron chi connectivity index (χ4n) is 2.42. The summed E-state index contributed by atoms with van der Waals surface area (Å²) in [6.07, 6.45) is -0.732. The predicted octanol–water partition coefficient (Wildman–Crippen LogP) is 3.17. The van der Waals surface area contributed by atoms with E-state index in [0.29, 0.717) is 6.61 Å². The molecule has 2 aromatic rings. The summed E-state index contributed by atoms with van der Waals surface area (Å²) < 4.78 is 6.78. The van der Waals surface area contributed by atoms with Crippen LogP contribution >= 0.6 is 15.9 Å². The standard InChI is InChI=1S/C16H16BrNO2/c17-13-8-4-7-12(9-13)16-18-14(10-20-16)15(19)11-5-2-1-3-6-11/h1-9,14-16,18-19H,10H2/t14-,15?,16-/m0/s1. The number of aliphatic hydroxyl groups excluding tert-OH is 1. The lowest BCUT2D eigenvalue weighted by molar-refractivity contribution is 0.0921. The first kappa shape index (κ1) is 13.8. The molecule has 0 bridgehead atoms. The number of ether oxygens (including phenoxy) is 1. The molecular weight excluding hydrogens is 318 g/mol. The Hall–Kier alpha value is -1.20. The quantitative estimate of drug-likeness (QED) is 0.906. The minimum Gasteiger partial charge on any atom is -0.387 e. The number of hydrogen-bond donors (Lipinski definition) is 2. The third kappa shape index (κ3) is 2.94. The van der Waals surface area contributed by atoms with E-state index in [1.807, 2.05) is 54.6 Å². The number of aliphatic hydroxyl groups is 1. The summed E-state index contributed by atoms with van der Waals surface area (Å²) in [5.41, 5.74) is 1.96. The van der Waals surface area contributed by atoms with Gasteiger partial charge in [0.25, 0.3) is 0 Å². The zero-order valence-corrected chi connectivity index (χ0v) is 12.5. The van der Waals surface area contributed by atoms with Crippen LogP contribution in [0.4, 0.5) is 0 Å². The minimum absolute atomic E-state index is 0.0959. The molecule has 4 heteroatoms. The van der Waals surface area contributed by atoms with Gasteiger partial charge in [0.05, 0.1) is 18.8 Å². The molecule has 3 atom stereocenters. The Kier molecular flexibility index (Phi) is 4.17. The monoisotopic (exact) mass is 333 g/mol. The number of rotatable bonds is 3. The van der Waals surface area contributed by atoms with Gasteiger partial charge in [-0.15, -0.1) is 0 Å². The van der Waals surface area contributed by atoms with Gasteiger partial charge in [-0.05, 0) is 23.3 Å². The van der Waals surface area contributed by atoms with Crippen LogP contribution in [-0.4, -0.2) is 17.8 Å². The Morgan fingerprint density at radius 1 is 1.15 bits per heavy atom. The maximum absolute atomic E-state index is 10.4. The van der Waals surface area contributed by atoms with Crippen molar-refractivity contribution < 1.29 is 9.84 Å². The van der Waals surface area contributed by atoms with Crippen molar-refractivity contribution >= 4 is 15.9 Å². The molecule has 3 nitrogen and oxygen atoms in total. The summed E-state index contributed by atoms with van der Waals surface area (Å²) >= 11 is 3.46. The fraction of sp³-hybridized carbons (Fsp3) is 0.250. The summed E-state index contributed by atoms with van der Waals surface area (Å²) in [6.45, 7) is 0.493. The van der Waals surface area contributed by atoms with Crippen LogP contribution in [0.25, 0.3) is 0 Å². The van der Waals surface area contributed by atoms with Crippen LogP contribution < -0.4 is 5.32 Å². The summed E-state index contributed by atoms with van der Waals surface area (Å²) in [5, 5.41) is 13.7. The Labute approximate surface area is 126 Å². The van der Waals surface area contributed by atoms with Crippen molar-refractivity contribution in [1.82, 2.24) is 5.32 Å². The highest BCUT2D eigenvalue weighted by Gasteiger charge is 2.31. The molecule has 2 N–H and O–H groups in total. The predicted molar refractivity (Wildman–Crippen MR) is 81.2 cm³/mol. The van der Waals surface area contributed by atoms with Gasteiger partial charge in [0.1, 0.15) is 6.23 Å². The summed E-state index contributed by atoms with van der Waals surface area (Å²) in [7, 11) is 0. The molecule has 1 aliphatic rings. The van der Waals surface area contributed by atoms with Crippen LogP contribution in [0.1, 0.15) is 23.5 Å². The van der Waals surface area contributed by atoms with Crippen molar-refractivity contribution in [1.29, 1.82) is 0 Å². The van der Waals surface area contributed by atoms with Gasteiger partial charge in [0.15, 0.2) is 0 Å². The van der Waals surface area contributed by atoms with E-state index >= 15 is 0 Å². The lowest BCUT2D eigenvalue weighted by atomic mass is 10.0. The van der Waals surface area contributed by atoms with Crippen LogP contribution in [-0.2, 0) is 4.74 Å². The molecule has 0 amide bonds. The van der Waals surface area contributed by atoms with E-state index < -0.39 is 6.10 Å². The zero-order valence-electron chi connectivity index (χ0n) is 10.9. The largest absolute Gasteiger partial charge is 0.387 e. The first-order valence-electron chi connectivity index (χ1n) is 6.60. The van der Waals surface area contributed by atoms with Crippen molar-refractivity contribution in [3.05, 3.63) is 70.2 Å². The molecule has 2 aromatic carbocycles. The van der Waals surface area contributed by atoms with Crippen LogP contribution in [0, 0.1) is 0 Å². The van der Waals surface area contributed by atoms with Gasteiger partial charge in [-0.25, -0.2) is 0 Å². The van der Waals surface area contributed by atoms with Gasteiger partial charge < -0.3 is 9.84 Å². The zero-order chi connectivity index (χ0) is 13.9. The SMILES string of the molecule is OC(c1ccccc1)[C@@H]1CO[C@@H](c2cccc(Br)c2)N1. The van der Waals surface area contributed by atoms with Crippen molar-refractivity contribution in [2.24, 2.45) is 0 Å². The van der Waals surface area contributed by atoms with Crippen molar-refractivity contribution in [3.8, 4) is 0 Å². The average molecular weight is 334 g/mol. The van der Waals surface area contributed by atoms with Gasteiger partial charge in [-0.2, -0.15) is 0 Å². The molecule has 0 radical (unpaired) electrons. The average Bonchev–Trinajstić information content (AvgIpc) is 2.97. The highest BCUT2D eigenvalue weighted by molar-refractivity contribution is 9.10. The van der Waals surface area contributed by atoms with Crippen LogP contribution in [0.15, 0.2) is 59.1 Å². The smallest absolute Gasteiger partial charge is 0.134 e. The molecule has 1 unspecified atom stereocenters. The Bertz CT molecular complexity index is 576. The van der Waals surface area contributed by atoms with Gasteiger partial charge in [-0.1, -0.05) is 58.4 Å². The van der Waals surface area contributed by atoms with E-state index in [1.54, 1.807) is 0 Å². The first-order valence-corrected chi connectivity index (χ1v) is 7.39. The molecule has 1 fully saturated rings. The second-order valence-corrected chi connectivity index (χ2v) is 5.81. The summed E-state index contributed by atoms with van der Waals surface area (Å²) in [5.74, 6) is 0. The van der Waals surface area contributed by atoms with E-state index in [9.17, 15) is 5.11 Å². The van der Waals surface area contributed by atoms with E-state index in [0.717, 1.165) is 15.6 Å². The van der Waals surface area contributed by atoms with Crippen LogP contribution in [0.2, 0.25) is 0 Å². The molecule has 0 spiro atoms. The van der Waals surface area contributed by atoms with E-state index in [-0.39, 0.29) is 12.3 Å². The third-order valence-corrected chi connectivity index (χ3v) is 3.97. The lowest BCUT2D eigenvalue weighted by Crippen LogP contribution is -2.32. The normalized spacial score (nSPS) is 23.7. The van der Waals surface area contributed by atoms with Gasteiger partial charge in [-0.3, -0.25) is 5.32 Å². The van der Waals surface area contributed by atoms with E-state index in [1.165, 1.54) is 0 Å². The fourth-order valence-corrected chi connectivity index (χ4v) is 2.83. The number of benzene rings is 2. The number of nitrogens with one attached hydrogen (secondary N) is 1. The molecule has 1 aliphatic heterocycles. The molecule has 20 heavy (non-hydrogen) atoms. The lowest BCUT2D eigenvalue weighted by Gasteiger charge is -2.18. The molecule has 0 aromatic heterocycles. The topological polar surface area (TPSA) is 41.5 Å². The van der Waals surface area contributed by atoms with Crippen molar-refractivity contribution in [2.75, 3.05) is 6.61 Å². The van der Waals surface area contributed by atoms with Crippen molar-refractivity contribution in [3.63, 3.8) is 0 Å². The molecular formula is C16H16BrNO2. The highest BCUT2D eigenvalue weighted by atomic mass is 79.9.